The van der Waals surface area contributed by atoms with E-state index < -0.39 is 22.1 Å². The molecule has 0 saturated heterocycles. The number of aliphatic carboxylic acids is 1. The van der Waals surface area contributed by atoms with E-state index >= 15 is 0 Å². The molecule has 102 valence electrons. The Labute approximate surface area is 102 Å². The highest BCUT2D eigenvalue weighted by Gasteiger charge is 2.18. The molecule has 0 aliphatic rings. The van der Waals surface area contributed by atoms with Crippen molar-refractivity contribution in [3.8, 4) is 0 Å². The van der Waals surface area contributed by atoms with Gasteiger partial charge in [-0.05, 0) is 18.3 Å². The fourth-order valence-electron chi connectivity index (χ4n) is 0.987. The molecular formula is C10H21NO5S. The van der Waals surface area contributed by atoms with Crippen molar-refractivity contribution >= 4 is 16.0 Å². The summed E-state index contributed by atoms with van der Waals surface area (Å²) in [5, 5.41) is 17.3. The third kappa shape index (κ3) is 9.08. The average Bonchev–Trinajstić information content (AvgIpc) is 2.13. The second-order valence-corrected chi connectivity index (χ2v) is 7.09. The maximum Gasteiger partial charge on any atom is 0.332 e. The van der Waals surface area contributed by atoms with Crippen LogP contribution in [0.5, 0.6) is 0 Å². The van der Waals surface area contributed by atoms with Gasteiger partial charge in [-0.1, -0.05) is 20.8 Å². The predicted molar refractivity (Wildman–Crippen MR) is 64.1 cm³/mol. The number of sulfonamides is 1. The molecule has 0 spiro atoms. The van der Waals surface area contributed by atoms with E-state index in [1.165, 1.54) is 0 Å². The zero-order valence-corrected chi connectivity index (χ0v) is 11.2. The van der Waals surface area contributed by atoms with E-state index in [1.807, 2.05) is 20.8 Å². The number of carbonyl (C=O) groups is 1. The van der Waals surface area contributed by atoms with E-state index in [2.05, 4.69) is 4.72 Å². The molecule has 17 heavy (non-hydrogen) atoms. The van der Waals surface area contributed by atoms with E-state index in [1.54, 1.807) is 0 Å². The molecule has 0 aliphatic carbocycles. The number of hydrogen-bond acceptors (Lipinski definition) is 4. The molecule has 0 aromatic heterocycles. The minimum absolute atomic E-state index is 0.000331. The lowest BCUT2D eigenvalue weighted by Gasteiger charge is -2.18. The van der Waals surface area contributed by atoms with Crippen molar-refractivity contribution in [3.63, 3.8) is 0 Å². The van der Waals surface area contributed by atoms with Crippen LogP contribution in [-0.2, 0) is 14.8 Å². The summed E-state index contributed by atoms with van der Waals surface area (Å²) >= 11 is 0. The van der Waals surface area contributed by atoms with Gasteiger partial charge in [0.1, 0.15) is 0 Å². The summed E-state index contributed by atoms with van der Waals surface area (Å²) in [6, 6.07) is 0. The Morgan fingerprint density at radius 1 is 1.35 bits per heavy atom. The lowest BCUT2D eigenvalue weighted by molar-refractivity contribution is -0.146. The fourth-order valence-corrected chi connectivity index (χ4v) is 2.44. The van der Waals surface area contributed by atoms with Crippen LogP contribution in [0.3, 0.4) is 0 Å². The number of carboxylic acid groups (broad SMARTS) is 1. The average molecular weight is 267 g/mol. The first-order valence-electron chi connectivity index (χ1n) is 5.42. The van der Waals surface area contributed by atoms with Crippen molar-refractivity contribution < 1.29 is 23.4 Å². The van der Waals surface area contributed by atoms with Crippen LogP contribution in [0.2, 0.25) is 0 Å². The molecule has 0 bridgehead atoms. The maximum absolute atomic E-state index is 11.5. The molecule has 0 heterocycles. The van der Waals surface area contributed by atoms with Crippen LogP contribution in [0, 0.1) is 5.41 Å². The lowest BCUT2D eigenvalue weighted by Crippen LogP contribution is -2.32. The summed E-state index contributed by atoms with van der Waals surface area (Å²) in [5.41, 5.74) is -0.0741. The van der Waals surface area contributed by atoms with Gasteiger partial charge < -0.3 is 10.2 Å². The Morgan fingerprint density at radius 3 is 2.29 bits per heavy atom. The van der Waals surface area contributed by atoms with E-state index in [-0.39, 0.29) is 24.1 Å². The number of hydrogen-bond donors (Lipinski definition) is 3. The Morgan fingerprint density at radius 2 is 1.88 bits per heavy atom. The van der Waals surface area contributed by atoms with Crippen LogP contribution in [-0.4, -0.2) is 43.0 Å². The molecule has 0 radical (unpaired) electrons. The molecule has 0 aliphatic heterocycles. The highest BCUT2D eigenvalue weighted by atomic mass is 32.2. The Kier molecular flexibility index (Phi) is 6.08. The predicted octanol–water partition coefficient (Wildman–Crippen LogP) is 0.178. The number of rotatable bonds is 7. The lowest BCUT2D eigenvalue weighted by atomic mass is 9.94. The van der Waals surface area contributed by atoms with Gasteiger partial charge in [-0.2, -0.15) is 0 Å². The topological polar surface area (TPSA) is 104 Å². The van der Waals surface area contributed by atoms with Crippen LogP contribution in [0.15, 0.2) is 0 Å². The maximum atomic E-state index is 11.5. The van der Waals surface area contributed by atoms with E-state index in [9.17, 15) is 13.2 Å². The number of aliphatic hydroxyl groups is 1. The van der Waals surface area contributed by atoms with E-state index in [0.29, 0.717) is 6.42 Å². The molecular weight excluding hydrogens is 246 g/mol. The van der Waals surface area contributed by atoms with Crippen LogP contribution in [0.1, 0.15) is 33.6 Å². The van der Waals surface area contributed by atoms with Crippen molar-refractivity contribution in [2.45, 2.75) is 39.7 Å². The normalized spacial score (nSPS) is 14.6. The van der Waals surface area contributed by atoms with Crippen LogP contribution in [0.4, 0.5) is 0 Å². The number of nitrogens with one attached hydrogen (secondary N) is 1. The van der Waals surface area contributed by atoms with E-state index in [4.69, 9.17) is 10.2 Å². The van der Waals surface area contributed by atoms with Crippen LogP contribution >= 0.6 is 0 Å². The Bertz CT molecular complexity index is 344. The zero-order valence-electron chi connectivity index (χ0n) is 10.4. The first kappa shape index (κ1) is 16.3. The van der Waals surface area contributed by atoms with Crippen LogP contribution < -0.4 is 4.72 Å². The van der Waals surface area contributed by atoms with Gasteiger partial charge in [0.15, 0.2) is 6.10 Å². The summed E-state index contributed by atoms with van der Waals surface area (Å²) in [6.07, 6.45) is -1.14. The summed E-state index contributed by atoms with van der Waals surface area (Å²) in [5.74, 6) is -1.35. The SMILES string of the molecule is CC(C)(C)CCS(=O)(=O)NCC[C@H](O)C(=O)O. The molecule has 0 saturated carbocycles. The molecule has 7 heteroatoms. The highest BCUT2D eigenvalue weighted by molar-refractivity contribution is 7.89. The molecule has 0 amide bonds. The molecule has 3 N–H and O–H groups in total. The third-order valence-corrected chi connectivity index (χ3v) is 3.53. The highest BCUT2D eigenvalue weighted by Crippen LogP contribution is 2.18. The van der Waals surface area contributed by atoms with Crippen molar-refractivity contribution in [1.29, 1.82) is 0 Å². The Balaban J connectivity index is 3.99. The Hall–Kier alpha value is -0.660. The molecule has 0 fully saturated rings. The molecule has 0 rings (SSSR count). The van der Waals surface area contributed by atoms with Gasteiger partial charge in [0.25, 0.3) is 0 Å². The summed E-state index contributed by atoms with van der Waals surface area (Å²) in [6.45, 7) is 5.75. The molecule has 0 aromatic carbocycles. The molecule has 6 nitrogen and oxygen atoms in total. The monoisotopic (exact) mass is 267 g/mol. The molecule has 0 aromatic rings. The van der Waals surface area contributed by atoms with Crippen molar-refractivity contribution in [2.75, 3.05) is 12.3 Å². The van der Waals surface area contributed by atoms with Gasteiger partial charge in [0.05, 0.1) is 5.75 Å². The molecule has 0 unspecified atom stereocenters. The molecule has 1 atom stereocenters. The minimum Gasteiger partial charge on any atom is -0.479 e. The summed E-state index contributed by atoms with van der Waals surface area (Å²) in [7, 11) is -3.39. The zero-order chi connectivity index (χ0) is 13.7. The third-order valence-electron chi connectivity index (χ3n) is 2.15. The minimum atomic E-state index is -3.39. The first-order valence-corrected chi connectivity index (χ1v) is 7.07. The first-order chi connectivity index (χ1) is 7.53. The van der Waals surface area contributed by atoms with Gasteiger partial charge in [-0.3, -0.25) is 0 Å². The summed E-state index contributed by atoms with van der Waals surface area (Å²) < 4.78 is 25.2. The van der Waals surface area contributed by atoms with Gasteiger partial charge >= 0.3 is 5.97 Å². The number of aliphatic hydroxyl groups excluding tert-OH is 1. The van der Waals surface area contributed by atoms with Crippen LogP contribution in [0.25, 0.3) is 0 Å². The largest absolute Gasteiger partial charge is 0.479 e. The van der Waals surface area contributed by atoms with Gasteiger partial charge in [-0.25, -0.2) is 17.9 Å². The van der Waals surface area contributed by atoms with Crippen molar-refractivity contribution in [3.05, 3.63) is 0 Å². The smallest absolute Gasteiger partial charge is 0.332 e. The standard InChI is InChI=1S/C10H21NO5S/c1-10(2,3)5-7-17(15,16)11-6-4-8(12)9(13)14/h8,11-12H,4-7H2,1-3H3,(H,13,14)/t8-/m0/s1. The fraction of sp³-hybridized carbons (Fsp3) is 0.900. The summed E-state index contributed by atoms with van der Waals surface area (Å²) in [4.78, 5) is 10.3. The van der Waals surface area contributed by atoms with Gasteiger partial charge in [-0.15, -0.1) is 0 Å². The number of carboxylic acids is 1. The van der Waals surface area contributed by atoms with Gasteiger partial charge in [0.2, 0.25) is 10.0 Å². The second-order valence-electron chi connectivity index (χ2n) is 5.17. The van der Waals surface area contributed by atoms with Gasteiger partial charge in [0, 0.05) is 6.54 Å². The van der Waals surface area contributed by atoms with Crippen molar-refractivity contribution in [2.24, 2.45) is 5.41 Å². The van der Waals surface area contributed by atoms with E-state index in [0.717, 1.165) is 0 Å². The quantitative estimate of drug-likeness (QED) is 0.610. The van der Waals surface area contributed by atoms with Crippen molar-refractivity contribution in [1.82, 2.24) is 4.72 Å². The second kappa shape index (κ2) is 6.32.